The first-order valence-electron chi connectivity index (χ1n) is 6.14. The fourth-order valence-electron chi connectivity index (χ4n) is 2.40. The van der Waals surface area contributed by atoms with E-state index in [-0.39, 0.29) is 12.1 Å². The van der Waals surface area contributed by atoms with Crippen LogP contribution in [-0.4, -0.2) is 24.7 Å². The zero-order chi connectivity index (χ0) is 13.2. The van der Waals surface area contributed by atoms with Gasteiger partial charge in [0, 0.05) is 6.42 Å². The molecule has 2 rings (SSSR count). The summed E-state index contributed by atoms with van der Waals surface area (Å²) in [6.07, 6.45) is 1.87. The number of hydrogen-bond donors (Lipinski definition) is 1. The summed E-state index contributed by atoms with van der Waals surface area (Å²) in [5.74, 6) is 0.479. The molecular weight excluding hydrogens is 230 g/mol. The number of benzene rings is 1. The smallest absolute Gasteiger partial charge is 0.325 e. The van der Waals surface area contributed by atoms with Crippen molar-refractivity contribution in [2.75, 3.05) is 7.11 Å². The molecule has 2 N–H and O–H groups in total. The van der Waals surface area contributed by atoms with Crippen LogP contribution in [0.25, 0.3) is 0 Å². The molecule has 0 amide bonds. The average Bonchev–Trinajstić information content (AvgIpc) is 2.71. The van der Waals surface area contributed by atoms with Gasteiger partial charge in [0.1, 0.15) is 17.4 Å². The summed E-state index contributed by atoms with van der Waals surface area (Å²) in [5.41, 5.74) is 6.30. The molecule has 98 valence electrons. The Morgan fingerprint density at radius 3 is 2.94 bits per heavy atom. The van der Waals surface area contributed by atoms with Crippen molar-refractivity contribution in [3.05, 3.63) is 29.8 Å². The van der Waals surface area contributed by atoms with Gasteiger partial charge >= 0.3 is 5.97 Å². The van der Waals surface area contributed by atoms with Gasteiger partial charge < -0.3 is 15.2 Å². The van der Waals surface area contributed by atoms with E-state index in [9.17, 15) is 4.79 Å². The first-order valence-corrected chi connectivity index (χ1v) is 6.14. The third-order valence-electron chi connectivity index (χ3n) is 3.39. The molecule has 1 aromatic rings. The van der Waals surface area contributed by atoms with Crippen LogP contribution in [0, 0.1) is 6.92 Å². The van der Waals surface area contributed by atoms with E-state index in [4.69, 9.17) is 15.2 Å². The topological polar surface area (TPSA) is 61.5 Å². The predicted octanol–water partition coefficient (Wildman–Crippen LogP) is 1.80. The van der Waals surface area contributed by atoms with Crippen molar-refractivity contribution in [3.8, 4) is 5.75 Å². The van der Waals surface area contributed by atoms with Crippen LogP contribution in [0.5, 0.6) is 5.75 Å². The van der Waals surface area contributed by atoms with Crippen molar-refractivity contribution in [2.45, 2.75) is 37.8 Å². The largest absolute Gasteiger partial charge is 0.490 e. The van der Waals surface area contributed by atoms with Crippen molar-refractivity contribution >= 4 is 5.97 Å². The normalized spacial score (nSPS) is 26.9. The third kappa shape index (κ3) is 2.64. The summed E-state index contributed by atoms with van der Waals surface area (Å²) in [7, 11) is 1.37. The summed E-state index contributed by atoms with van der Waals surface area (Å²) in [4.78, 5) is 11.6. The molecule has 1 aromatic carbocycles. The highest BCUT2D eigenvalue weighted by Gasteiger charge is 2.44. The van der Waals surface area contributed by atoms with E-state index >= 15 is 0 Å². The van der Waals surface area contributed by atoms with E-state index in [1.165, 1.54) is 7.11 Å². The molecule has 1 saturated carbocycles. The molecule has 0 saturated heterocycles. The van der Waals surface area contributed by atoms with Crippen LogP contribution < -0.4 is 10.5 Å². The van der Waals surface area contributed by atoms with Crippen LogP contribution in [-0.2, 0) is 9.53 Å². The monoisotopic (exact) mass is 249 g/mol. The molecule has 0 aliphatic heterocycles. The Balaban J connectivity index is 2.00. The Morgan fingerprint density at radius 2 is 2.28 bits per heavy atom. The molecule has 2 atom stereocenters. The highest BCUT2D eigenvalue weighted by Crippen LogP contribution is 2.32. The van der Waals surface area contributed by atoms with Crippen LogP contribution in [0.3, 0.4) is 0 Å². The number of rotatable bonds is 3. The van der Waals surface area contributed by atoms with Crippen LogP contribution >= 0.6 is 0 Å². The van der Waals surface area contributed by atoms with Crippen LogP contribution in [0.15, 0.2) is 24.3 Å². The minimum absolute atomic E-state index is 0.0177. The van der Waals surface area contributed by atoms with E-state index < -0.39 is 5.54 Å². The van der Waals surface area contributed by atoms with E-state index in [2.05, 4.69) is 0 Å². The number of esters is 1. The molecular formula is C14H19NO3. The lowest BCUT2D eigenvalue weighted by Gasteiger charge is -2.20. The molecule has 1 fully saturated rings. The molecule has 0 aromatic heterocycles. The summed E-state index contributed by atoms with van der Waals surface area (Å²) in [5, 5.41) is 0. The van der Waals surface area contributed by atoms with Gasteiger partial charge in [-0.25, -0.2) is 0 Å². The number of ether oxygens (including phenoxy) is 2. The standard InChI is InChI=1S/C14H19NO3/c1-10-4-3-5-11(8-10)18-12-6-7-14(15,9-12)13(16)17-2/h3-5,8,12H,6-7,9,15H2,1-2H3. The van der Waals surface area contributed by atoms with Crippen molar-refractivity contribution in [1.82, 2.24) is 0 Å². The average molecular weight is 249 g/mol. The first kappa shape index (κ1) is 12.9. The second-order valence-electron chi connectivity index (χ2n) is 4.95. The van der Waals surface area contributed by atoms with Crippen LogP contribution in [0.4, 0.5) is 0 Å². The fraction of sp³-hybridized carbons (Fsp3) is 0.500. The fourth-order valence-corrected chi connectivity index (χ4v) is 2.40. The van der Waals surface area contributed by atoms with Crippen molar-refractivity contribution in [3.63, 3.8) is 0 Å². The molecule has 1 aliphatic carbocycles. The molecule has 2 unspecified atom stereocenters. The number of hydrogen-bond acceptors (Lipinski definition) is 4. The molecule has 1 aliphatic rings. The Morgan fingerprint density at radius 1 is 1.50 bits per heavy atom. The van der Waals surface area contributed by atoms with Crippen LogP contribution in [0.1, 0.15) is 24.8 Å². The SMILES string of the molecule is COC(=O)C1(N)CCC(Oc2cccc(C)c2)C1. The van der Waals surface area contributed by atoms with Gasteiger partial charge in [0.25, 0.3) is 0 Å². The van der Waals surface area contributed by atoms with Gasteiger partial charge in [0.2, 0.25) is 0 Å². The lowest BCUT2D eigenvalue weighted by Crippen LogP contribution is -2.47. The molecule has 0 bridgehead atoms. The predicted molar refractivity (Wildman–Crippen MR) is 68.4 cm³/mol. The molecule has 18 heavy (non-hydrogen) atoms. The maximum Gasteiger partial charge on any atom is 0.325 e. The quantitative estimate of drug-likeness (QED) is 0.830. The van der Waals surface area contributed by atoms with Gasteiger partial charge in [-0.3, -0.25) is 4.79 Å². The minimum Gasteiger partial charge on any atom is -0.490 e. The number of nitrogens with two attached hydrogens (primary N) is 1. The van der Waals surface area contributed by atoms with Gasteiger partial charge in [-0.15, -0.1) is 0 Å². The number of carbonyl (C=O) groups excluding carboxylic acids is 1. The van der Waals surface area contributed by atoms with Crippen molar-refractivity contribution in [2.24, 2.45) is 5.73 Å². The Bertz CT molecular complexity index is 446. The molecule has 4 heteroatoms. The number of aryl methyl sites for hydroxylation is 1. The van der Waals surface area contributed by atoms with E-state index in [1.807, 2.05) is 31.2 Å². The van der Waals surface area contributed by atoms with Gasteiger partial charge in [-0.05, 0) is 37.5 Å². The summed E-state index contributed by atoms with van der Waals surface area (Å²) in [6.45, 7) is 2.02. The second kappa shape index (κ2) is 4.98. The lowest BCUT2D eigenvalue weighted by molar-refractivity contribution is -0.147. The summed E-state index contributed by atoms with van der Waals surface area (Å²) < 4.78 is 10.6. The lowest BCUT2D eigenvalue weighted by atomic mass is 10.00. The number of methoxy groups -OCH3 is 1. The summed E-state index contributed by atoms with van der Waals surface area (Å²) >= 11 is 0. The van der Waals surface area contributed by atoms with Gasteiger partial charge in [0.15, 0.2) is 0 Å². The van der Waals surface area contributed by atoms with E-state index in [0.717, 1.165) is 17.7 Å². The van der Waals surface area contributed by atoms with Gasteiger partial charge in [-0.1, -0.05) is 12.1 Å². The highest BCUT2D eigenvalue weighted by atomic mass is 16.5. The maximum absolute atomic E-state index is 11.6. The van der Waals surface area contributed by atoms with E-state index in [0.29, 0.717) is 12.8 Å². The number of carbonyl (C=O) groups is 1. The van der Waals surface area contributed by atoms with Crippen molar-refractivity contribution < 1.29 is 14.3 Å². The zero-order valence-electron chi connectivity index (χ0n) is 10.8. The third-order valence-corrected chi connectivity index (χ3v) is 3.39. The Hall–Kier alpha value is -1.55. The first-order chi connectivity index (χ1) is 8.53. The highest BCUT2D eigenvalue weighted by molar-refractivity contribution is 5.80. The zero-order valence-corrected chi connectivity index (χ0v) is 10.8. The molecule has 0 spiro atoms. The van der Waals surface area contributed by atoms with Gasteiger partial charge in [0.05, 0.1) is 7.11 Å². The van der Waals surface area contributed by atoms with Crippen molar-refractivity contribution in [1.29, 1.82) is 0 Å². The maximum atomic E-state index is 11.6. The summed E-state index contributed by atoms with van der Waals surface area (Å²) in [6, 6.07) is 7.87. The van der Waals surface area contributed by atoms with Gasteiger partial charge in [-0.2, -0.15) is 0 Å². The minimum atomic E-state index is -0.886. The molecule has 0 heterocycles. The van der Waals surface area contributed by atoms with Crippen LogP contribution in [0.2, 0.25) is 0 Å². The molecule has 0 radical (unpaired) electrons. The van der Waals surface area contributed by atoms with E-state index in [1.54, 1.807) is 0 Å². The second-order valence-corrected chi connectivity index (χ2v) is 4.95. The Labute approximate surface area is 107 Å². The Kier molecular flexibility index (Phi) is 3.57. The molecule has 4 nitrogen and oxygen atoms in total.